The summed E-state index contributed by atoms with van der Waals surface area (Å²) in [6.07, 6.45) is 7.68. The maximum Gasteiger partial charge on any atom is 0.340 e. The number of esters is 4. The second kappa shape index (κ2) is 37.2. The molecular weight excluding hydrogens is 1640 g/mol. The minimum atomic E-state index is -1.38. The molecule has 0 bridgehead atoms. The van der Waals surface area contributed by atoms with E-state index in [1.165, 1.54) is 56.4 Å². The van der Waals surface area contributed by atoms with E-state index in [0.717, 1.165) is 4.68 Å². The number of hydrogen-bond acceptors (Lipinski definition) is 27. The van der Waals surface area contributed by atoms with Crippen LogP contribution in [0.3, 0.4) is 0 Å². The van der Waals surface area contributed by atoms with Gasteiger partial charge in [0.15, 0.2) is 28.9 Å². The van der Waals surface area contributed by atoms with Gasteiger partial charge in [-0.1, -0.05) is 12.1 Å². The number of rotatable bonds is 21. The summed E-state index contributed by atoms with van der Waals surface area (Å²) in [6, 6.07) is 19.0. The third kappa shape index (κ3) is 20.9. The molecule has 602 valence electrons. The van der Waals surface area contributed by atoms with E-state index in [4.69, 9.17) is 24.1 Å². The Balaban J connectivity index is 0.000000171. The van der Waals surface area contributed by atoms with Gasteiger partial charge in [-0.25, -0.2) is 63.0 Å². The van der Waals surface area contributed by atoms with Gasteiger partial charge >= 0.3 is 29.8 Å². The smallest absolute Gasteiger partial charge is 0.340 e. The number of Topliss-reactive ketones (excluding diaryl/α,β-unsaturated/α-hetero) is 5. The number of carbonyl (C=O) groups excluding carboxylic acids is 10. The number of alkyl halides is 2. The molecule has 32 nitrogen and oxygen atoms in total. The predicted octanol–water partition coefficient (Wildman–Crippen LogP) is 10.4. The number of ketones is 5. The average Bonchev–Trinajstić information content (AvgIpc) is 1.60. The van der Waals surface area contributed by atoms with Crippen LogP contribution in [0.1, 0.15) is 146 Å². The molecule has 3 aromatic carbocycles. The van der Waals surface area contributed by atoms with Gasteiger partial charge in [0.2, 0.25) is 5.91 Å². The Morgan fingerprint density at radius 3 is 1.22 bits per heavy atom. The van der Waals surface area contributed by atoms with Crippen LogP contribution in [0.4, 0.5) is 8.78 Å². The number of aryl methyl sites for hydroxylation is 3. The van der Waals surface area contributed by atoms with E-state index in [1.54, 1.807) is 145 Å². The molecule has 13 rings (SSSR count). The van der Waals surface area contributed by atoms with Crippen LogP contribution in [0.2, 0.25) is 0 Å². The summed E-state index contributed by atoms with van der Waals surface area (Å²) in [5, 5.41) is 25.9. The number of halogens is 4. The maximum absolute atomic E-state index is 14.6. The van der Waals surface area contributed by atoms with Crippen LogP contribution in [0.5, 0.6) is 0 Å². The highest BCUT2D eigenvalue weighted by molar-refractivity contribution is 9.10. The molecule has 1 amide bonds. The number of ether oxygens (including phenoxy) is 4. The number of aliphatic carboxylic acids is 1. The molecule has 2 aliphatic rings. The molecule has 4 atom stereocenters. The number of benzene rings is 3. The molecule has 11 aromatic rings. The van der Waals surface area contributed by atoms with Gasteiger partial charge in [-0.3, -0.25) is 52.4 Å². The van der Waals surface area contributed by atoms with E-state index in [9.17, 15) is 61.5 Å². The fourth-order valence-corrected chi connectivity index (χ4v) is 13.6. The van der Waals surface area contributed by atoms with Crippen molar-refractivity contribution in [1.29, 1.82) is 0 Å². The Morgan fingerprint density at radius 1 is 0.509 bits per heavy atom. The van der Waals surface area contributed by atoms with Crippen molar-refractivity contribution in [2.75, 3.05) is 34.4 Å². The van der Waals surface area contributed by atoms with Gasteiger partial charge in [0.25, 0.3) is 0 Å². The summed E-state index contributed by atoms with van der Waals surface area (Å²) in [5.74, 6) is -3.91. The third-order valence-corrected chi connectivity index (χ3v) is 18.9. The monoisotopic (exact) mass is 1710 g/mol. The Bertz CT molecular complexity index is 5680. The second-order valence-electron chi connectivity index (χ2n) is 27.8. The van der Waals surface area contributed by atoms with Gasteiger partial charge in [-0.2, -0.15) is 15.3 Å². The number of nitrogens with one attached hydrogen (secondary N) is 1. The van der Waals surface area contributed by atoms with Gasteiger partial charge in [-0.15, -0.1) is 0 Å². The van der Waals surface area contributed by atoms with E-state index in [0.29, 0.717) is 93.1 Å². The molecule has 36 heteroatoms. The topological polar surface area (TPSA) is 417 Å². The zero-order chi connectivity index (χ0) is 84.3. The quantitative estimate of drug-likeness (QED) is 0.0292. The lowest BCUT2D eigenvalue weighted by Gasteiger charge is -2.23. The lowest BCUT2D eigenvalue weighted by molar-refractivity contribution is -0.155. The normalized spacial score (nSPS) is 14.9. The summed E-state index contributed by atoms with van der Waals surface area (Å²) in [4.78, 5) is 172. The summed E-state index contributed by atoms with van der Waals surface area (Å²) in [5.41, 5.74) is 5.49. The van der Waals surface area contributed by atoms with Crippen LogP contribution < -0.4 is 5.32 Å². The largest absolute Gasteiger partial charge is 0.480 e. The third-order valence-electron chi connectivity index (χ3n) is 18.0. The highest BCUT2D eigenvalue weighted by Gasteiger charge is 2.41. The molecule has 0 saturated carbocycles. The van der Waals surface area contributed by atoms with Crippen molar-refractivity contribution in [2.24, 2.45) is 0 Å². The minimum absolute atomic E-state index is 0.00532. The Labute approximate surface area is 677 Å². The zero-order valence-corrected chi connectivity index (χ0v) is 68.0. The van der Waals surface area contributed by atoms with E-state index < -0.39 is 72.8 Å². The predicted molar refractivity (Wildman–Crippen MR) is 422 cm³/mol. The van der Waals surface area contributed by atoms with Crippen molar-refractivity contribution in [3.63, 3.8) is 0 Å². The first-order valence-electron chi connectivity index (χ1n) is 35.8. The number of amides is 1. The number of carboxylic acid groups (broad SMARTS) is 1. The molecule has 2 N–H and O–H groups in total. The van der Waals surface area contributed by atoms with Crippen LogP contribution in [0.25, 0.3) is 66.1 Å². The van der Waals surface area contributed by atoms with Gasteiger partial charge in [0.1, 0.15) is 81.3 Å². The summed E-state index contributed by atoms with van der Waals surface area (Å²) >= 11 is 6.52. The number of aromatic nitrogens is 14. The second-order valence-corrected chi connectivity index (χ2v) is 29.5. The molecule has 0 spiro atoms. The van der Waals surface area contributed by atoms with Crippen molar-refractivity contribution in [3.05, 3.63) is 182 Å². The van der Waals surface area contributed by atoms with E-state index in [-0.39, 0.29) is 125 Å². The summed E-state index contributed by atoms with van der Waals surface area (Å²) < 4.78 is 52.6. The molecule has 0 radical (unpaired) electrons. The number of carbonyl (C=O) groups is 11. The van der Waals surface area contributed by atoms with Crippen LogP contribution in [0.15, 0.2) is 119 Å². The van der Waals surface area contributed by atoms with Crippen LogP contribution >= 0.6 is 31.9 Å². The summed E-state index contributed by atoms with van der Waals surface area (Å²) in [6.45, 7) is 13.3. The van der Waals surface area contributed by atoms with Gasteiger partial charge < -0.3 is 34.3 Å². The average molecular weight is 1720 g/mol. The van der Waals surface area contributed by atoms with Gasteiger partial charge in [0, 0.05) is 122 Å². The highest BCUT2D eigenvalue weighted by Crippen LogP contribution is 2.36. The van der Waals surface area contributed by atoms with Gasteiger partial charge in [-0.05, 0) is 151 Å². The van der Waals surface area contributed by atoms with Crippen molar-refractivity contribution in [3.8, 4) is 33.4 Å². The Hall–Kier alpha value is -12.4. The molecular formula is C80H78Br2F2N16O16. The van der Waals surface area contributed by atoms with Crippen LogP contribution in [-0.4, -0.2) is 208 Å². The Morgan fingerprint density at radius 2 is 0.879 bits per heavy atom. The van der Waals surface area contributed by atoms with Crippen LogP contribution in [-0.2, 0) is 75.4 Å². The zero-order valence-electron chi connectivity index (χ0n) is 64.9. The number of nitrogens with zero attached hydrogens (tertiary/aromatic N) is 15. The standard InChI is InChI=1S/C29H26BrFN6O5.C22H24N4O5.C18H16N4O5.C11H12BrFN2O/c1-15(38)27-21-7-17(18-11-32-16(2)33-12-18)8-22(29(41)42-3)28(21)37(35-27)14-26(40)36-13-19(31)9-23(36)24(39)10-20-5-4-6-25(30)34-20;1-12(27)19-16-7-14(15-9-23-13(2)24-10-15)8-17(21(29)30-6)20(16)26(25-19)11-18(28)31-22(3,4)5;1-9(23)16-13-4-11(12-6-19-10(2)20-7-12)5-14(18(26)27-3)17(13)22(21-16)8-15(24)25;12-11-3-1-2-8(15-11)5-10(16)9-4-7(13)6-14-9/h4-8,11-12,19,23H,9-10,13-14H2,1-3H3;7-10H,11H2,1-6H3;4-7H,8H2,1-3H3,(H,24,25);1-3,7,9,14H,4-6H2/t19-,23+;;;7-,9+/m1..1/s1. The Kier molecular flexibility index (Phi) is 27.6. The first-order chi connectivity index (χ1) is 55.0. The molecule has 8 aromatic heterocycles. The van der Waals surface area contributed by atoms with E-state index >= 15 is 0 Å². The van der Waals surface area contributed by atoms with E-state index in [2.05, 4.69) is 92.3 Å². The van der Waals surface area contributed by atoms with Crippen molar-refractivity contribution in [2.45, 2.75) is 138 Å². The number of likely N-dealkylation sites (tertiary alicyclic amines) is 1. The van der Waals surface area contributed by atoms with Gasteiger partial charge in [0.05, 0.1) is 86.0 Å². The highest BCUT2D eigenvalue weighted by atomic mass is 79.9. The molecule has 10 heterocycles. The van der Waals surface area contributed by atoms with Crippen molar-refractivity contribution < 1.29 is 85.6 Å². The fourth-order valence-electron chi connectivity index (χ4n) is 12.8. The van der Waals surface area contributed by atoms with Crippen LogP contribution in [0, 0.1) is 20.8 Å². The minimum Gasteiger partial charge on any atom is -0.480 e. The first-order valence-corrected chi connectivity index (χ1v) is 37.4. The number of pyridine rings is 2. The SMILES string of the molecule is COC(=O)c1cc(-c2cnc(C)nc2)cc2c(C(C)=O)nn(CC(=O)N3C[C@H](F)C[C@H]3C(=O)Cc3cccc(Br)n3)c12.COC(=O)c1cc(-c2cnc(C)nc2)cc2c(C(C)=O)nn(CC(=O)O)c12.COC(=O)c1cc(-c2cnc(C)nc2)cc2c(C(C)=O)nn(CC(=O)OC(C)(C)C)c12.O=C(Cc1cccc(Br)n1)[C@@H]1C[C@@H](F)CN1. The fraction of sp³-hybridized carbons (Fsp3) is 0.325. The maximum atomic E-state index is 14.6. The number of methoxy groups -OCH3 is 3. The molecule has 116 heavy (non-hydrogen) atoms. The molecule has 0 aliphatic carbocycles. The molecule has 0 unspecified atom stereocenters. The molecule has 2 saturated heterocycles. The molecule has 2 aliphatic heterocycles. The van der Waals surface area contributed by atoms with Crippen molar-refractivity contribution in [1.82, 2.24) is 79.4 Å². The first kappa shape index (κ1) is 86.0. The summed E-state index contributed by atoms with van der Waals surface area (Å²) in [7, 11) is 3.70. The molecule has 2 fully saturated rings. The number of fused-ring (bicyclic) bond motifs is 3. The van der Waals surface area contributed by atoms with Crippen molar-refractivity contribution >= 4 is 129 Å². The van der Waals surface area contributed by atoms with E-state index in [1.807, 2.05) is 6.07 Å². The number of carboxylic acids is 1. The number of hydrogen-bond donors (Lipinski definition) is 2. The lowest BCUT2D eigenvalue weighted by atomic mass is 10.00. The lowest BCUT2D eigenvalue weighted by Crippen LogP contribution is -2.43.